The fourth-order valence-electron chi connectivity index (χ4n) is 2.20. The van der Waals surface area contributed by atoms with E-state index in [2.05, 4.69) is 22.3 Å². The van der Waals surface area contributed by atoms with Crippen molar-refractivity contribution in [1.29, 1.82) is 0 Å². The fourth-order valence-corrected chi connectivity index (χ4v) is 2.20. The van der Waals surface area contributed by atoms with Crippen LogP contribution in [0, 0.1) is 6.92 Å². The normalized spacial score (nSPS) is 19.1. The summed E-state index contributed by atoms with van der Waals surface area (Å²) in [4.78, 5) is 2.52. The van der Waals surface area contributed by atoms with Crippen LogP contribution in [0.5, 0.6) is 0 Å². The summed E-state index contributed by atoms with van der Waals surface area (Å²) < 4.78 is 5.03. The third kappa shape index (κ3) is 3.32. The zero-order valence-electron chi connectivity index (χ0n) is 10.2. The molecule has 2 heterocycles. The van der Waals surface area contributed by atoms with Gasteiger partial charge in [-0.1, -0.05) is 5.16 Å². The van der Waals surface area contributed by atoms with Crippen molar-refractivity contribution in [2.75, 3.05) is 19.6 Å². The van der Waals surface area contributed by atoms with Gasteiger partial charge in [-0.3, -0.25) is 0 Å². The second-order valence-corrected chi connectivity index (χ2v) is 4.72. The Morgan fingerprint density at radius 2 is 2.25 bits per heavy atom. The number of nitrogens with zero attached hydrogens (tertiary/aromatic N) is 2. The fraction of sp³-hybridized carbons (Fsp3) is 0.750. The minimum absolute atomic E-state index is 0.509. The lowest BCUT2D eigenvalue weighted by molar-refractivity contribution is 0.296. The van der Waals surface area contributed by atoms with Gasteiger partial charge in [-0.2, -0.15) is 0 Å². The van der Waals surface area contributed by atoms with E-state index < -0.39 is 0 Å². The van der Waals surface area contributed by atoms with Gasteiger partial charge >= 0.3 is 0 Å². The van der Waals surface area contributed by atoms with Gasteiger partial charge in [-0.05, 0) is 39.8 Å². The summed E-state index contributed by atoms with van der Waals surface area (Å²) in [7, 11) is 0. The van der Waals surface area contributed by atoms with E-state index in [0.717, 1.165) is 24.5 Å². The molecule has 4 nitrogen and oxygen atoms in total. The van der Waals surface area contributed by atoms with Crippen LogP contribution in [0.15, 0.2) is 10.6 Å². The largest absolute Gasteiger partial charge is 0.361 e. The van der Waals surface area contributed by atoms with E-state index in [1.54, 1.807) is 0 Å². The summed E-state index contributed by atoms with van der Waals surface area (Å²) in [6.45, 7) is 8.60. The molecule has 1 saturated heterocycles. The summed E-state index contributed by atoms with van der Waals surface area (Å²) >= 11 is 0. The van der Waals surface area contributed by atoms with Crippen molar-refractivity contribution in [3.63, 3.8) is 0 Å². The van der Waals surface area contributed by atoms with E-state index in [-0.39, 0.29) is 0 Å². The van der Waals surface area contributed by atoms with E-state index in [4.69, 9.17) is 4.52 Å². The number of hydrogen-bond acceptors (Lipinski definition) is 4. The molecule has 0 spiro atoms. The Morgan fingerprint density at radius 3 is 2.88 bits per heavy atom. The third-order valence-electron chi connectivity index (χ3n) is 3.04. The molecular formula is C12H21N3O. The van der Waals surface area contributed by atoms with Crippen molar-refractivity contribution in [2.45, 2.75) is 39.3 Å². The number of aromatic nitrogens is 1. The van der Waals surface area contributed by atoms with E-state index in [9.17, 15) is 0 Å². The Hall–Kier alpha value is -0.870. The van der Waals surface area contributed by atoms with Crippen LogP contribution in [0.25, 0.3) is 0 Å². The molecule has 1 aliphatic rings. The van der Waals surface area contributed by atoms with Gasteiger partial charge in [0, 0.05) is 25.2 Å². The highest BCUT2D eigenvalue weighted by Gasteiger charge is 2.14. The van der Waals surface area contributed by atoms with Gasteiger partial charge in [-0.15, -0.1) is 0 Å². The molecule has 0 aliphatic carbocycles. The van der Waals surface area contributed by atoms with Crippen LogP contribution < -0.4 is 5.32 Å². The van der Waals surface area contributed by atoms with Crippen molar-refractivity contribution >= 4 is 0 Å². The van der Waals surface area contributed by atoms with Crippen molar-refractivity contribution < 1.29 is 4.52 Å². The lowest BCUT2D eigenvalue weighted by atomic mass is 10.3. The molecule has 0 aromatic carbocycles. The van der Waals surface area contributed by atoms with E-state index in [0.29, 0.717) is 6.04 Å². The molecule has 1 unspecified atom stereocenters. The standard InChI is InChI=1S/C12H21N3O/c1-10(9-15-5-3-4-6-15)13-8-12-7-11(2)16-14-12/h7,10,13H,3-6,8-9H2,1-2H3. The summed E-state index contributed by atoms with van der Waals surface area (Å²) in [5.41, 5.74) is 0.991. The molecule has 4 heteroatoms. The number of likely N-dealkylation sites (tertiary alicyclic amines) is 1. The first-order valence-corrected chi connectivity index (χ1v) is 6.12. The third-order valence-corrected chi connectivity index (χ3v) is 3.04. The van der Waals surface area contributed by atoms with Crippen LogP contribution in [-0.4, -0.2) is 35.7 Å². The SMILES string of the molecule is Cc1cc(CNC(C)CN2CCCC2)no1. The van der Waals surface area contributed by atoms with E-state index >= 15 is 0 Å². The zero-order valence-corrected chi connectivity index (χ0v) is 10.2. The van der Waals surface area contributed by atoms with E-state index in [1.165, 1.54) is 25.9 Å². The van der Waals surface area contributed by atoms with Gasteiger partial charge in [0.1, 0.15) is 5.76 Å². The molecule has 90 valence electrons. The first kappa shape index (κ1) is 11.6. The van der Waals surface area contributed by atoms with Crippen LogP contribution in [0.2, 0.25) is 0 Å². The maximum absolute atomic E-state index is 5.03. The highest BCUT2D eigenvalue weighted by molar-refractivity contribution is 5.03. The maximum Gasteiger partial charge on any atom is 0.133 e. The first-order chi connectivity index (χ1) is 7.74. The van der Waals surface area contributed by atoms with Gasteiger partial charge in [0.25, 0.3) is 0 Å². The lowest BCUT2D eigenvalue weighted by Gasteiger charge is -2.20. The van der Waals surface area contributed by atoms with Gasteiger partial charge < -0.3 is 14.7 Å². The predicted molar refractivity (Wildman–Crippen MR) is 63.2 cm³/mol. The Morgan fingerprint density at radius 1 is 1.50 bits per heavy atom. The second kappa shape index (κ2) is 5.46. The average Bonchev–Trinajstić information content (AvgIpc) is 2.87. The van der Waals surface area contributed by atoms with Crippen LogP contribution in [0.4, 0.5) is 0 Å². The quantitative estimate of drug-likeness (QED) is 0.822. The van der Waals surface area contributed by atoms with E-state index in [1.807, 2.05) is 13.0 Å². The summed E-state index contributed by atoms with van der Waals surface area (Å²) in [5.74, 6) is 0.879. The molecule has 16 heavy (non-hydrogen) atoms. The van der Waals surface area contributed by atoms with Crippen molar-refractivity contribution in [3.05, 3.63) is 17.5 Å². The lowest BCUT2D eigenvalue weighted by Crippen LogP contribution is -2.37. The van der Waals surface area contributed by atoms with Crippen LogP contribution in [0.3, 0.4) is 0 Å². The van der Waals surface area contributed by atoms with Crippen LogP contribution >= 0.6 is 0 Å². The summed E-state index contributed by atoms with van der Waals surface area (Å²) in [5, 5.41) is 7.44. The first-order valence-electron chi connectivity index (χ1n) is 6.12. The minimum Gasteiger partial charge on any atom is -0.361 e. The Balaban J connectivity index is 1.68. The highest BCUT2D eigenvalue weighted by Crippen LogP contribution is 2.08. The van der Waals surface area contributed by atoms with Gasteiger partial charge in [-0.25, -0.2) is 0 Å². The molecule has 1 aliphatic heterocycles. The Kier molecular flexibility index (Phi) is 3.96. The predicted octanol–water partition coefficient (Wildman–Crippen LogP) is 1.56. The van der Waals surface area contributed by atoms with Crippen molar-refractivity contribution in [1.82, 2.24) is 15.4 Å². The molecular weight excluding hydrogens is 202 g/mol. The van der Waals surface area contributed by atoms with Crippen LogP contribution in [0.1, 0.15) is 31.2 Å². The molecule has 1 atom stereocenters. The minimum atomic E-state index is 0.509. The molecule has 0 amide bonds. The van der Waals surface area contributed by atoms with Gasteiger partial charge in [0.15, 0.2) is 0 Å². The van der Waals surface area contributed by atoms with Crippen molar-refractivity contribution in [2.24, 2.45) is 0 Å². The Labute approximate surface area is 97.0 Å². The van der Waals surface area contributed by atoms with Crippen LogP contribution in [-0.2, 0) is 6.54 Å². The molecule has 0 radical (unpaired) electrons. The maximum atomic E-state index is 5.03. The number of nitrogens with one attached hydrogen (secondary N) is 1. The molecule has 2 rings (SSSR count). The molecule has 0 saturated carbocycles. The monoisotopic (exact) mass is 223 g/mol. The van der Waals surface area contributed by atoms with Gasteiger partial charge in [0.2, 0.25) is 0 Å². The second-order valence-electron chi connectivity index (χ2n) is 4.72. The summed E-state index contributed by atoms with van der Waals surface area (Å²) in [6, 6.07) is 2.49. The number of hydrogen-bond donors (Lipinski definition) is 1. The summed E-state index contributed by atoms with van der Waals surface area (Å²) in [6.07, 6.45) is 2.71. The molecule has 1 fully saturated rings. The number of aryl methyl sites for hydroxylation is 1. The average molecular weight is 223 g/mol. The number of rotatable bonds is 5. The molecule has 1 aromatic heterocycles. The smallest absolute Gasteiger partial charge is 0.133 e. The highest BCUT2D eigenvalue weighted by atomic mass is 16.5. The topological polar surface area (TPSA) is 41.3 Å². The molecule has 0 bridgehead atoms. The van der Waals surface area contributed by atoms with Gasteiger partial charge in [0.05, 0.1) is 5.69 Å². The Bertz CT molecular complexity index is 318. The van der Waals surface area contributed by atoms with Crippen molar-refractivity contribution in [3.8, 4) is 0 Å². The molecule has 1 aromatic rings. The molecule has 1 N–H and O–H groups in total. The zero-order chi connectivity index (χ0) is 11.4.